The Labute approximate surface area is 150 Å². The quantitative estimate of drug-likeness (QED) is 0.864. The van der Waals surface area contributed by atoms with Gasteiger partial charge in [-0.2, -0.15) is 0 Å². The number of benzene rings is 1. The molecule has 0 bridgehead atoms. The highest BCUT2D eigenvalue weighted by Crippen LogP contribution is 2.28. The summed E-state index contributed by atoms with van der Waals surface area (Å²) in [6, 6.07) is 8.66. The molecule has 1 aliphatic carbocycles. The predicted molar refractivity (Wildman–Crippen MR) is 99.4 cm³/mol. The van der Waals surface area contributed by atoms with Crippen LogP contribution in [-0.2, 0) is 9.59 Å². The van der Waals surface area contributed by atoms with Gasteiger partial charge in [0, 0.05) is 37.8 Å². The maximum atomic E-state index is 12.1. The number of hydrogen-bond acceptors (Lipinski definition) is 3. The summed E-state index contributed by atoms with van der Waals surface area (Å²) in [5.74, 6) is 0.421. The number of nitrogens with one attached hydrogen (secondary N) is 2. The number of nitrogens with zero attached hydrogens (tertiary/aromatic N) is 1. The SMILES string of the molecule is CNC(=O)[C@@H]1CCCC[C@H]1N[C@@H](C)c1ccc(N2CCCC2=O)cc1. The van der Waals surface area contributed by atoms with Gasteiger partial charge in [0.05, 0.1) is 5.92 Å². The van der Waals surface area contributed by atoms with Crippen molar-refractivity contribution < 1.29 is 9.59 Å². The number of carbonyl (C=O) groups is 2. The molecular weight excluding hydrogens is 314 g/mol. The van der Waals surface area contributed by atoms with Gasteiger partial charge in [0.1, 0.15) is 0 Å². The fraction of sp³-hybridized carbons (Fsp3) is 0.600. The molecular formula is C20H29N3O2. The molecule has 1 aromatic rings. The molecule has 136 valence electrons. The topological polar surface area (TPSA) is 61.4 Å². The molecule has 25 heavy (non-hydrogen) atoms. The first-order valence-corrected chi connectivity index (χ1v) is 9.48. The van der Waals surface area contributed by atoms with Gasteiger partial charge in [-0.1, -0.05) is 25.0 Å². The zero-order valence-corrected chi connectivity index (χ0v) is 15.3. The second-order valence-electron chi connectivity index (χ2n) is 7.24. The van der Waals surface area contributed by atoms with Gasteiger partial charge in [0.2, 0.25) is 11.8 Å². The fourth-order valence-corrected chi connectivity index (χ4v) is 4.11. The van der Waals surface area contributed by atoms with E-state index in [2.05, 4.69) is 29.7 Å². The minimum Gasteiger partial charge on any atom is -0.359 e. The molecule has 5 heteroatoms. The van der Waals surface area contributed by atoms with Crippen molar-refractivity contribution in [2.45, 2.75) is 57.5 Å². The normalized spacial score (nSPS) is 25.0. The zero-order chi connectivity index (χ0) is 17.8. The third-order valence-electron chi connectivity index (χ3n) is 5.59. The minimum atomic E-state index is 0.0581. The molecule has 1 aliphatic heterocycles. The van der Waals surface area contributed by atoms with Crippen LogP contribution in [0.25, 0.3) is 0 Å². The van der Waals surface area contributed by atoms with E-state index in [0.29, 0.717) is 6.42 Å². The summed E-state index contributed by atoms with van der Waals surface area (Å²) in [4.78, 5) is 25.9. The highest BCUT2D eigenvalue weighted by atomic mass is 16.2. The van der Waals surface area contributed by atoms with Crippen molar-refractivity contribution in [2.24, 2.45) is 5.92 Å². The Balaban J connectivity index is 1.65. The van der Waals surface area contributed by atoms with Crippen LogP contribution in [0.3, 0.4) is 0 Å². The molecule has 0 spiro atoms. The molecule has 1 saturated carbocycles. The van der Waals surface area contributed by atoms with Crippen molar-refractivity contribution in [3.63, 3.8) is 0 Å². The third kappa shape index (κ3) is 4.03. The van der Waals surface area contributed by atoms with Crippen LogP contribution < -0.4 is 15.5 Å². The van der Waals surface area contributed by atoms with Crippen LogP contribution in [0.1, 0.15) is 57.1 Å². The second-order valence-corrected chi connectivity index (χ2v) is 7.24. The average molecular weight is 343 g/mol. The van der Waals surface area contributed by atoms with E-state index in [4.69, 9.17) is 0 Å². The first-order chi connectivity index (χ1) is 12.1. The van der Waals surface area contributed by atoms with Crippen LogP contribution in [0.4, 0.5) is 5.69 Å². The monoisotopic (exact) mass is 343 g/mol. The Morgan fingerprint density at radius 3 is 2.52 bits per heavy atom. The molecule has 2 aliphatic rings. The predicted octanol–water partition coefficient (Wildman–Crippen LogP) is 2.77. The van der Waals surface area contributed by atoms with Crippen LogP contribution in [-0.4, -0.2) is 31.4 Å². The van der Waals surface area contributed by atoms with Crippen molar-refractivity contribution in [1.82, 2.24) is 10.6 Å². The molecule has 5 nitrogen and oxygen atoms in total. The van der Waals surface area contributed by atoms with Crippen LogP contribution in [0, 0.1) is 5.92 Å². The summed E-state index contributed by atoms with van der Waals surface area (Å²) in [5.41, 5.74) is 2.18. The molecule has 1 saturated heterocycles. The van der Waals surface area contributed by atoms with Gasteiger partial charge in [-0.3, -0.25) is 9.59 Å². The third-order valence-corrected chi connectivity index (χ3v) is 5.59. The van der Waals surface area contributed by atoms with E-state index in [1.54, 1.807) is 7.05 Å². The van der Waals surface area contributed by atoms with Gasteiger partial charge in [-0.05, 0) is 43.9 Å². The van der Waals surface area contributed by atoms with E-state index >= 15 is 0 Å². The van der Waals surface area contributed by atoms with E-state index in [1.165, 1.54) is 12.0 Å². The molecule has 0 radical (unpaired) electrons. The van der Waals surface area contributed by atoms with Gasteiger partial charge in [-0.25, -0.2) is 0 Å². The summed E-state index contributed by atoms with van der Waals surface area (Å²) in [6.07, 6.45) is 5.91. The lowest BCUT2D eigenvalue weighted by atomic mass is 9.83. The maximum absolute atomic E-state index is 12.1. The van der Waals surface area contributed by atoms with Crippen molar-refractivity contribution in [3.8, 4) is 0 Å². The molecule has 3 atom stereocenters. The molecule has 1 aromatic carbocycles. The smallest absolute Gasteiger partial charge is 0.227 e. The summed E-state index contributed by atoms with van der Waals surface area (Å²) >= 11 is 0. The standard InChI is InChI=1S/C20H29N3O2/c1-14(22-18-7-4-3-6-17(18)20(25)21-2)15-9-11-16(12-10-15)23-13-5-8-19(23)24/h9-12,14,17-18,22H,3-8,13H2,1-2H3,(H,21,25)/t14-,17+,18+/m0/s1. The molecule has 2 fully saturated rings. The lowest BCUT2D eigenvalue weighted by Gasteiger charge is -2.33. The number of carbonyl (C=O) groups excluding carboxylic acids is 2. The van der Waals surface area contributed by atoms with Crippen molar-refractivity contribution >= 4 is 17.5 Å². The number of amides is 2. The zero-order valence-electron chi connectivity index (χ0n) is 15.3. The fourth-order valence-electron chi connectivity index (χ4n) is 4.11. The van der Waals surface area contributed by atoms with Gasteiger partial charge in [0.15, 0.2) is 0 Å². The molecule has 3 rings (SSSR count). The minimum absolute atomic E-state index is 0.0581. The van der Waals surface area contributed by atoms with Gasteiger partial charge < -0.3 is 15.5 Å². The Bertz CT molecular complexity index is 614. The van der Waals surface area contributed by atoms with Crippen LogP contribution in [0.15, 0.2) is 24.3 Å². The lowest BCUT2D eigenvalue weighted by molar-refractivity contribution is -0.126. The lowest BCUT2D eigenvalue weighted by Crippen LogP contribution is -2.46. The number of anilines is 1. The van der Waals surface area contributed by atoms with Crippen LogP contribution in [0.5, 0.6) is 0 Å². The average Bonchev–Trinajstić information content (AvgIpc) is 3.07. The Hall–Kier alpha value is -1.88. The molecule has 0 aromatic heterocycles. The summed E-state index contributed by atoms with van der Waals surface area (Å²) in [6.45, 7) is 2.97. The number of rotatable bonds is 5. The molecule has 0 unspecified atom stereocenters. The molecule has 1 heterocycles. The van der Waals surface area contributed by atoms with E-state index in [9.17, 15) is 9.59 Å². The highest BCUT2D eigenvalue weighted by molar-refractivity contribution is 5.95. The van der Waals surface area contributed by atoms with Gasteiger partial charge >= 0.3 is 0 Å². The Morgan fingerprint density at radius 1 is 1.16 bits per heavy atom. The summed E-state index contributed by atoms with van der Waals surface area (Å²) in [5, 5.41) is 6.46. The highest BCUT2D eigenvalue weighted by Gasteiger charge is 2.31. The van der Waals surface area contributed by atoms with Crippen molar-refractivity contribution in [3.05, 3.63) is 29.8 Å². The van der Waals surface area contributed by atoms with Crippen molar-refractivity contribution in [1.29, 1.82) is 0 Å². The number of hydrogen-bond donors (Lipinski definition) is 2. The van der Waals surface area contributed by atoms with E-state index in [0.717, 1.165) is 37.9 Å². The van der Waals surface area contributed by atoms with Crippen LogP contribution in [0.2, 0.25) is 0 Å². The Kier molecular flexibility index (Phi) is 5.74. The van der Waals surface area contributed by atoms with Gasteiger partial charge in [-0.15, -0.1) is 0 Å². The maximum Gasteiger partial charge on any atom is 0.227 e. The van der Waals surface area contributed by atoms with Gasteiger partial charge in [0.25, 0.3) is 0 Å². The first kappa shape index (κ1) is 17.9. The molecule has 2 amide bonds. The van der Waals surface area contributed by atoms with E-state index in [1.807, 2.05) is 17.0 Å². The second kappa shape index (κ2) is 8.00. The van der Waals surface area contributed by atoms with Crippen molar-refractivity contribution in [2.75, 3.05) is 18.5 Å². The summed E-state index contributed by atoms with van der Waals surface area (Å²) in [7, 11) is 1.72. The first-order valence-electron chi connectivity index (χ1n) is 9.48. The Morgan fingerprint density at radius 2 is 1.88 bits per heavy atom. The van der Waals surface area contributed by atoms with E-state index < -0.39 is 0 Å². The van der Waals surface area contributed by atoms with E-state index in [-0.39, 0.29) is 29.8 Å². The molecule has 2 N–H and O–H groups in total. The summed E-state index contributed by atoms with van der Waals surface area (Å²) < 4.78 is 0. The van der Waals surface area contributed by atoms with Crippen LogP contribution >= 0.6 is 0 Å². The largest absolute Gasteiger partial charge is 0.359 e.